The van der Waals surface area contributed by atoms with Gasteiger partial charge >= 0.3 is 0 Å². The van der Waals surface area contributed by atoms with E-state index < -0.39 is 0 Å². The average molecular weight is 212 g/mol. The quantitative estimate of drug-likeness (QED) is 0.494. The average Bonchev–Trinajstić information content (AvgIpc) is 2.72. The fourth-order valence-corrected chi connectivity index (χ4v) is 1.07. The van der Waals surface area contributed by atoms with E-state index in [4.69, 9.17) is 9.47 Å². The van der Waals surface area contributed by atoms with Gasteiger partial charge in [-0.05, 0) is 6.92 Å². The molecule has 84 valence electrons. The summed E-state index contributed by atoms with van der Waals surface area (Å²) in [4.78, 5) is 11.5. The molecule has 0 unspecified atom stereocenters. The number of ketones is 1. The van der Waals surface area contributed by atoms with Crippen molar-refractivity contribution >= 4 is 5.78 Å². The summed E-state index contributed by atoms with van der Waals surface area (Å²) < 4.78 is 11.6. The highest BCUT2D eigenvalue weighted by atomic mass is 16.5. The number of carbonyl (C=O) groups is 1. The molecule has 0 aliphatic heterocycles. The Bertz CT molecular complexity index is 309. The van der Waals surface area contributed by atoms with E-state index in [-0.39, 0.29) is 12.4 Å². The molecule has 0 aliphatic carbocycles. The lowest BCUT2D eigenvalue weighted by Crippen LogP contribution is -2.11. The van der Waals surface area contributed by atoms with Gasteiger partial charge in [0.2, 0.25) is 0 Å². The molecule has 1 heterocycles. The molecule has 1 aromatic heterocycles. The molecule has 0 aliphatic rings. The Labute approximate surface area is 89.0 Å². The van der Waals surface area contributed by atoms with Crippen molar-refractivity contribution in [2.24, 2.45) is 0 Å². The van der Waals surface area contributed by atoms with E-state index in [0.29, 0.717) is 18.8 Å². The highest BCUT2D eigenvalue weighted by Crippen LogP contribution is 1.99. The first-order valence-corrected chi connectivity index (χ1v) is 4.90. The van der Waals surface area contributed by atoms with E-state index in [1.54, 1.807) is 24.2 Å². The molecule has 1 aromatic rings. The summed E-state index contributed by atoms with van der Waals surface area (Å²) in [6, 6.07) is 0. The van der Waals surface area contributed by atoms with Crippen LogP contribution in [0.25, 0.3) is 0 Å². The van der Waals surface area contributed by atoms with Gasteiger partial charge in [-0.2, -0.15) is 5.10 Å². The standard InChI is InChI=1S/C10H16N2O3/c1-3-12-7-9(6-11-12)10(13)8-15-5-4-14-2/h6-7H,3-5,8H2,1-2H3. The van der Waals surface area contributed by atoms with Crippen LogP contribution in [0.1, 0.15) is 17.3 Å². The first-order valence-electron chi connectivity index (χ1n) is 4.90. The van der Waals surface area contributed by atoms with E-state index in [1.165, 1.54) is 0 Å². The normalized spacial score (nSPS) is 10.5. The van der Waals surface area contributed by atoms with Crippen LogP contribution in [-0.2, 0) is 16.0 Å². The van der Waals surface area contributed by atoms with Crippen molar-refractivity contribution in [3.8, 4) is 0 Å². The Morgan fingerprint density at radius 1 is 1.53 bits per heavy atom. The number of rotatable bonds is 7. The van der Waals surface area contributed by atoms with Crippen molar-refractivity contribution in [3.05, 3.63) is 18.0 Å². The van der Waals surface area contributed by atoms with Crippen LogP contribution in [0.2, 0.25) is 0 Å². The molecule has 0 saturated carbocycles. The molecule has 0 spiro atoms. The van der Waals surface area contributed by atoms with Crippen LogP contribution in [0, 0.1) is 0 Å². The zero-order chi connectivity index (χ0) is 11.1. The smallest absolute Gasteiger partial charge is 0.191 e. The molecule has 5 nitrogen and oxygen atoms in total. The Hall–Kier alpha value is -1.20. The number of hydrogen-bond donors (Lipinski definition) is 0. The lowest BCUT2D eigenvalue weighted by Gasteiger charge is -2.00. The topological polar surface area (TPSA) is 53.4 Å². The van der Waals surface area contributed by atoms with E-state index in [9.17, 15) is 4.79 Å². The van der Waals surface area contributed by atoms with Crippen LogP contribution in [0.15, 0.2) is 12.4 Å². The van der Waals surface area contributed by atoms with Gasteiger partial charge in [-0.25, -0.2) is 0 Å². The van der Waals surface area contributed by atoms with E-state index in [1.807, 2.05) is 6.92 Å². The summed E-state index contributed by atoms with van der Waals surface area (Å²) >= 11 is 0. The summed E-state index contributed by atoms with van der Waals surface area (Å²) in [5.41, 5.74) is 0.592. The fourth-order valence-electron chi connectivity index (χ4n) is 1.07. The third kappa shape index (κ3) is 3.81. The summed E-state index contributed by atoms with van der Waals surface area (Å²) in [5, 5.41) is 4.02. The van der Waals surface area contributed by atoms with Crippen LogP contribution >= 0.6 is 0 Å². The molecule has 0 atom stereocenters. The maximum absolute atomic E-state index is 11.5. The molecule has 15 heavy (non-hydrogen) atoms. The number of methoxy groups -OCH3 is 1. The lowest BCUT2D eigenvalue weighted by atomic mass is 10.2. The zero-order valence-corrected chi connectivity index (χ0v) is 9.10. The minimum absolute atomic E-state index is 0.0502. The van der Waals surface area contributed by atoms with Crippen LogP contribution < -0.4 is 0 Å². The molecule has 0 bridgehead atoms. The number of aryl methyl sites for hydroxylation is 1. The van der Waals surface area contributed by atoms with Gasteiger partial charge in [0.05, 0.1) is 25.0 Å². The lowest BCUT2D eigenvalue weighted by molar-refractivity contribution is 0.0577. The second-order valence-corrected chi connectivity index (χ2v) is 3.05. The second kappa shape index (κ2) is 6.31. The molecule has 0 fully saturated rings. The number of carbonyl (C=O) groups excluding carboxylic acids is 1. The summed E-state index contributed by atoms with van der Waals surface area (Å²) in [6.45, 7) is 3.75. The predicted octanol–water partition coefficient (Wildman–Crippen LogP) is 0.749. The minimum Gasteiger partial charge on any atom is -0.382 e. The van der Waals surface area contributed by atoms with Gasteiger partial charge in [-0.15, -0.1) is 0 Å². The van der Waals surface area contributed by atoms with Crippen molar-refractivity contribution in [3.63, 3.8) is 0 Å². The van der Waals surface area contributed by atoms with Gasteiger partial charge < -0.3 is 9.47 Å². The minimum atomic E-state index is -0.0502. The molecule has 0 radical (unpaired) electrons. The number of Topliss-reactive ketones (excluding diaryl/α,β-unsaturated/α-hetero) is 1. The van der Waals surface area contributed by atoms with Crippen molar-refractivity contribution in [2.75, 3.05) is 26.9 Å². The van der Waals surface area contributed by atoms with Gasteiger partial charge in [-0.1, -0.05) is 0 Å². The number of nitrogens with zero attached hydrogens (tertiary/aromatic N) is 2. The zero-order valence-electron chi connectivity index (χ0n) is 9.10. The molecule has 0 amide bonds. The van der Waals surface area contributed by atoms with Gasteiger partial charge in [0, 0.05) is 19.9 Å². The van der Waals surface area contributed by atoms with Gasteiger partial charge in [0.15, 0.2) is 5.78 Å². The number of hydrogen-bond acceptors (Lipinski definition) is 4. The SMILES string of the molecule is CCn1cc(C(=O)COCCOC)cn1. The maximum Gasteiger partial charge on any atom is 0.191 e. The van der Waals surface area contributed by atoms with Crippen LogP contribution in [-0.4, -0.2) is 42.5 Å². The Kier molecular flexibility index (Phi) is 5.00. The van der Waals surface area contributed by atoms with E-state index in [2.05, 4.69) is 5.10 Å². The van der Waals surface area contributed by atoms with Crippen molar-refractivity contribution < 1.29 is 14.3 Å². The molecule has 5 heteroatoms. The molecular weight excluding hydrogens is 196 g/mol. The first kappa shape index (κ1) is 11.9. The highest BCUT2D eigenvalue weighted by Gasteiger charge is 2.07. The predicted molar refractivity (Wildman–Crippen MR) is 54.9 cm³/mol. The van der Waals surface area contributed by atoms with Crippen LogP contribution in [0.4, 0.5) is 0 Å². The van der Waals surface area contributed by atoms with Gasteiger partial charge in [-0.3, -0.25) is 9.48 Å². The Morgan fingerprint density at radius 2 is 2.33 bits per heavy atom. The van der Waals surface area contributed by atoms with Gasteiger partial charge in [0.1, 0.15) is 6.61 Å². The van der Waals surface area contributed by atoms with Crippen molar-refractivity contribution in [1.82, 2.24) is 9.78 Å². The summed E-state index contributed by atoms with van der Waals surface area (Å²) in [5.74, 6) is -0.0502. The van der Waals surface area contributed by atoms with Crippen molar-refractivity contribution in [1.29, 1.82) is 0 Å². The first-order chi connectivity index (χ1) is 7.27. The molecular formula is C10H16N2O3. The van der Waals surface area contributed by atoms with E-state index >= 15 is 0 Å². The third-order valence-electron chi connectivity index (χ3n) is 1.94. The van der Waals surface area contributed by atoms with Crippen LogP contribution in [0.5, 0.6) is 0 Å². The molecule has 0 aromatic carbocycles. The molecule has 1 rings (SSSR count). The summed E-state index contributed by atoms with van der Waals surface area (Å²) in [6.07, 6.45) is 3.29. The summed E-state index contributed by atoms with van der Waals surface area (Å²) in [7, 11) is 1.59. The number of aromatic nitrogens is 2. The fraction of sp³-hybridized carbons (Fsp3) is 0.600. The van der Waals surface area contributed by atoms with Crippen LogP contribution in [0.3, 0.4) is 0 Å². The highest BCUT2D eigenvalue weighted by molar-refractivity contribution is 5.96. The monoisotopic (exact) mass is 212 g/mol. The third-order valence-corrected chi connectivity index (χ3v) is 1.94. The largest absolute Gasteiger partial charge is 0.382 e. The molecule has 0 saturated heterocycles. The Morgan fingerprint density at radius 3 is 2.93 bits per heavy atom. The second-order valence-electron chi connectivity index (χ2n) is 3.05. The molecule has 0 N–H and O–H groups in total. The maximum atomic E-state index is 11.5. The Balaban J connectivity index is 2.33. The number of ether oxygens (including phenoxy) is 2. The van der Waals surface area contributed by atoms with Crippen molar-refractivity contribution in [2.45, 2.75) is 13.5 Å². The van der Waals surface area contributed by atoms with Gasteiger partial charge in [0.25, 0.3) is 0 Å². The van der Waals surface area contributed by atoms with E-state index in [0.717, 1.165) is 6.54 Å².